The first-order valence-corrected chi connectivity index (χ1v) is 7.94. The van der Waals surface area contributed by atoms with Gasteiger partial charge in [0.1, 0.15) is 0 Å². The topological polar surface area (TPSA) is 17.1 Å². The minimum absolute atomic E-state index is 0.158. The van der Waals surface area contributed by atoms with Gasteiger partial charge in [0.05, 0.1) is 0 Å². The van der Waals surface area contributed by atoms with Crippen molar-refractivity contribution in [2.24, 2.45) is 5.92 Å². The second-order valence-electron chi connectivity index (χ2n) is 6.04. The molecule has 0 radical (unpaired) electrons. The van der Waals surface area contributed by atoms with Crippen LogP contribution in [0, 0.1) is 5.92 Å². The van der Waals surface area contributed by atoms with Gasteiger partial charge in [-0.1, -0.05) is 67.6 Å². The van der Waals surface area contributed by atoms with E-state index in [4.69, 9.17) is 0 Å². The molecule has 1 unspecified atom stereocenters. The molecule has 1 heteroatoms. The Labute approximate surface area is 130 Å². The van der Waals surface area contributed by atoms with Crippen LogP contribution < -0.4 is 0 Å². The van der Waals surface area contributed by atoms with Gasteiger partial charge < -0.3 is 0 Å². The summed E-state index contributed by atoms with van der Waals surface area (Å²) < 4.78 is 0. The van der Waals surface area contributed by atoms with Crippen LogP contribution in [0.3, 0.4) is 0 Å². The van der Waals surface area contributed by atoms with Crippen molar-refractivity contribution in [3.8, 4) is 11.1 Å². The largest absolute Gasteiger partial charge is 0.294 e. The highest BCUT2D eigenvalue weighted by molar-refractivity contribution is 6.10. The summed E-state index contributed by atoms with van der Waals surface area (Å²) in [4.78, 5) is 12.8. The van der Waals surface area contributed by atoms with E-state index in [2.05, 4.69) is 67.6 Å². The normalized spacial score (nSPS) is 17.0. The second kappa shape index (κ2) is 5.10. The molecular weight excluding hydrogens is 268 g/mol. The van der Waals surface area contributed by atoms with Crippen LogP contribution in [-0.4, -0.2) is 5.78 Å². The molecule has 1 atom stereocenters. The van der Waals surface area contributed by atoms with Gasteiger partial charge in [-0.25, -0.2) is 0 Å². The zero-order valence-corrected chi connectivity index (χ0v) is 12.7. The van der Waals surface area contributed by atoms with Crippen LogP contribution in [0.1, 0.15) is 29.3 Å². The highest BCUT2D eigenvalue weighted by Crippen LogP contribution is 2.38. The molecule has 0 aromatic heterocycles. The van der Waals surface area contributed by atoms with E-state index in [1.165, 1.54) is 21.9 Å². The lowest BCUT2D eigenvalue weighted by atomic mass is 9.92. The summed E-state index contributed by atoms with van der Waals surface area (Å²) in [6.07, 6.45) is 1.81. The fraction of sp³-hybridized carbons (Fsp3) is 0.190. The van der Waals surface area contributed by atoms with Gasteiger partial charge in [0.2, 0.25) is 0 Å². The van der Waals surface area contributed by atoms with Crippen LogP contribution in [-0.2, 0) is 6.42 Å². The molecule has 1 aliphatic carbocycles. The van der Waals surface area contributed by atoms with Gasteiger partial charge in [-0.2, -0.15) is 0 Å². The zero-order valence-electron chi connectivity index (χ0n) is 12.7. The average Bonchev–Trinajstić information content (AvgIpc) is 2.91. The van der Waals surface area contributed by atoms with Crippen molar-refractivity contribution in [1.29, 1.82) is 0 Å². The van der Waals surface area contributed by atoms with E-state index < -0.39 is 0 Å². The average molecular weight is 286 g/mol. The summed E-state index contributed by atoms with van der Waals surface area (Å²) in [5.41, 5.74) is 4.42. The predicted octanol–water partition coefficient (Wildman–Crippen LogP) is 5.27. The molecule has 0 aliphatic heterocycles. The third-order valence-electron chi connectivity index (χ3n) is 4.81. The van der Waals surface area contributed by atoms with E-state index in [1.54, 1.807) is 0 Å². The molecule has 1 aliphatic rings. The molecule has 0 fully saturated rings. The Kier molecular flexibility index (Phi) is 3.07. The molecule has 0 N–H and O–H groups in total. The second-order valence-corrected chi connectivity index (χ2v) is 6.04. The van der Waals surface area contributed by atoms with Crippen LogP contribution in [0.25, 0.3) is 21.9 Å². The lowest BCUT2D eigenvalue weighted by Crippen LogP contribution is -2.07. The van der Waals surface area contributed by atoms with Crippen LogP contribution >= 0.6 is 0 Å². The number of benzene rings is 3. The quantitative estimate of drug-likeness (QED) is 0.627. The molecule has 4 rings (SSSR count). The van der Waals surface area contributed by atoms with Crippen LogP contribution in [0.5, 0.6) is 0 Å². The van der Waals surface area contributed by atoms with E-state index in [-0.39, 0.29) is 5.92 Å². The number of hydrogen-bond acceptors (Lipinski definition) is 1. The molecule has 0 saturated heterocycles. The highest BCUT2D eigenvalue weighted by Gasteiger charge is 2.31. The summed E-state index contributed by atoms with van der Waals surface area (Å²) in [6.45, 7) is 2.10. The third kappa shape index (κ3) is 1.89. The first-order chi connectivity index (χ1) is 10.8. The maximum atomic E-state index is 12.8. The molecule has 0 bridgehead atoms. The number of hydrogen-bond donors (Lipinski definition) is 0. The minimum atomic E-state index is 0.158. The Morgan fingerprint density at radius 2 is 1.64 bits per heavy atom. The Hall–Kier alpha value is -2.41. The summed E-state index contributed by atoms with van der Waals surface area (Å²) in [7, 11) is 0. The molecule has 3 aromatic carbocycles. The van der Waals surface area contributed by atoms with Crippen LogP contribution in [0.4, 0.5) is 0 Å². The predicted molar refractivity (Wildman–Crippen MR) is 91.2 cm³/mol. The lowest BCUT2D eigenvalue weighted by Gasteiger charge is -2.11. The molecule has 0 saturated carbocycles. The summed E-state index contributed by atoms with van der Waals surface area (Å²) in [5.74, 6) is 0.479. The first kappa shape index (κ1) is 13.3. The van der Waals surface area contributed by atoms with Gasteiger partial charge in [-0.3, -0.25) is 4.79 Å². The van der Waals surface area contributed by atoms with Crippen LogP contribution in [0.15, 0.2) is 60.7 Å². The van der Waals surface area contributed by atoms with Gasteiger partial charge in [-0.15, -0.1) is 0 Å². The Balaban J connectivity index is 1.99. The summed E-state index contributed by atoms with van der Waals surface area (Å²) in [6, 6.07) is 21.0. The Morgan fingerprint density at radius 3 is 2.50 bits per heavy atom. The molecule has 0 heterocycles. The number of carbonyl (C=O) groups excluding carboxylic acids is 1. The maximum absolute atomic E-state index is 12.8. The van der Waals surface area contributed by atoms with E-state index in [0.29, 0.717) is 5.78 Å². The lowest BCUT2D eigenvalue weighted by molar-refractivity contribution is 0.0934. The fourth-order valence-corrected chi connectivity index (χ4v) is 3.64. The number of ketones is 1. The molecule has 0 amide bonds. The smallest absolute Gasteiger partial charge is 0.167 e. The van der Waals surface area contributed by atoms with Gasteiger partial charge in [0.15, 0.2) is 5.78 Å². The zero-order chi connectivity index (χ0) is 15.1. The summed E-state index contributed by atoms with van der Waals surface area (Å²) in [5, 5.41) is 2.43. The van der Waals surface area contributed by atoms with Gasteiger partial charge in [-0.05, 0) is 40.3 Å². The molecule has 0 spiro atoms. The van der Waals surface area contributed by atoms with Gasteiger partial charge in [0, 0.05) is 11.5 Å². The number of fused-ring (bicyclic) bond motifs is 2. The van der Waals surface area contributed by atoms with Gasteiger partial charge in [0.25, 0.3) is 0 Å². The summed E-state index contributed by atoms with van der Waals surface area (Å²) >= 11 is 0. The van der Waals surface area contributed by atoms with Crippen molar-refractivity contribution in [2.45, 2.75) is 19.8 Å². The third-order valence-corrected chi connectivity index (χ3v) is 4.81. The molecular formula is C21H18O. The van der Waals surface area contributed by atoms with E-state index in [9.17, 15) is 4.79 Å². The van der Waals surface area contributed by atoms with Crippen molar-refractivity contribution in [3.05, 3.63) is 71.8 Å². The standard InChI is InChI=1S/C21H18O/c1-2-14-13-16-9-6-12-19(20(16)21(14)22)18-11-5-8-15-7-3-4-10-17(15)18/h3-12,14H,2,13H2,1H3. The van der Waals surface area contributed by atoms with Crippen LogP contribution in [0.2, 0.25) is 0 Å². The molecule has 108 valence electrons. The van der Waals surface area contributed by atoms with Crippen molar-refractivity contribution < 1.29 is 4.79 Å². The maximum Gasteiger partial charge on any atom is 0.167 e. The SMILES string of the molecule is CCC1Cc2cccc(-c3cccc4ccccc34)c2C1=O. The van der Waals surface area contributed by atoms with E-state index >= 15 is 0 Å². The van der Waals surface area contributed by atoms with E-state index in [0.717, 1.165) is 24.0 Å². The molecule has 1 nitrogen and oxygen atoms in total. The Bertz CT molecular complexity index is 871. The molecule has 3 aromatic rings. The van der Waals surface area contributed by atoms with Crippen molar-refractivity contribution in [1.82, 2.24) is 0 Å². The molecule has 22 heavy (non-hydrogen) atoms. The van der Waals surface area contributed by atoms with Crippen molar-refractivity contribution in [3.63, 3.8) is 0 Å². The van der Waals surface area contributed by atoms with Gasteiger partial charge >= 0.3 is 0 Å². The Morgan fingerprint density at radius 1 is 0.909 bits per heavy atom. The number of carbonyl (C=O) groups is 1. The van der Waals surface area contributed by atoms with Crippen molar-refractivity contribution >= 4 is 16.6 Å². The fourth-order valence-electron chi connectivity index (χ4n) is 3.64. The first-order valence-electron chi connectivity index (χ1n) is 7.94. The van der Waals surface area contributed by atoms with E-state index in [1.807, 2.05) is 0 Å². The number of rotatable bonds is 2. The van der Waals surface area contributed by atoms with Crippen molar-refractivity contribution in [2.75, 3.05) is 0 Å². The number of Topliss-reactive ketones (excluding diaryl/α,β-unsaturated/α-hetero) is 1. The highest BCUT2D eigenvalue weighted by atomic mass is 16.1. The minimum Gasteiger partial charge on any atom is -0.294 e. The monoisotopic (exact) mass is 286 g/mol.